The van der Waals surface area contributed by atoms with Gasteiger partial charge in [0.2, 0.25) is 12.7 Å². The van der Waals surface area contributed by atoms with Gasteiger partial charge in [-0.05, 0) is 29.5 Å². The van der Waals surface area contributed by atoms with Crippen LogP contribution >= 0.6 is 0 Å². The third-order valence-electron chi connectivity index (χ3n) is 4.09. The van der Waals surface area contributed by atoms with Crippen LogP contribution < -0.4 is 14.8 Å². The van der Waals surface area contributed by atoms with E-state index < -0.39 is 6.04 Å². The van der Waals surface area contributed by atoms with E-state index in [-0.39, 0.29) is 30.3 Å². The second-order valence-corrected chi connectivity index (χ2v) is 6.95. The second-order valence-electron chi connectivity index (χ2n) is 6.95. The Bertz CT molecular complexity index is 616. The van der Waals surface area contributed by atoms with Crippen molar-refractivity contribution in [3.8, 4) is 11.5 Å². The van der Waals surface area contributed by atoms with Crippen molar-refractivity contribution < 1.29 is 19.1 Å². The molecule has 1 heterocycles. The molecule has 1 N–H and O–H groups in total. The van der Waals surface area contributed by atoms with Gasteiger partial charge in [0.25, 0.3) is 0 Å². The summed E-state index contributed by atoms with van der Waals surface area (Å²) in [6.45, 7) is 9.80. The summed E-state index contributed by atoms with van der Waals surface area (Å²) in [5, 5.41) is 2.89. The maximum absolute atomic E-state index is 12.4. The monoisotopic (exact) mass is 319 g/mol. The lowest BCUT2D eigenvalue weighted by atomic mass is 9.83. The molecule has 5 heteroatoms. The number of Topliss-reactive ketones (excluding diaryl/α,β-unsaturated/α-hetero) is 1. The van der Waals surface area contributed by atoms with Gasteiger partial charge in [-0.15, -0.1) is 0 Å². The van der Waals surface area contributed by atoms with Gasteiger partial charge in [0.05, 0.1) is 12.5 Å². The Morgan fingerprint density at radius 2 is 1.96 bits per heavy atom. The summed E-state index contributed by atoms with van der Waals surface area (Å²) in [4.78, 5) is 24.5. The van der Waals surface area contributed by atoms with Crippen LogP contribution in [-0.4, -0.2) is 24.5 Å². The van der Waals surface area contributed by atoms with Crippen LogP contribution in [0.3, 0.4) is 0 Å². The molecule has 1 aromatic rings. The molecule has 0 saturated carbocycles. The van der Waals surface area contributed by atoms with Gasteiger partial charge in [0.15, 0.2) is 17.3 Å². The van der Waals surface area contributed by atoms with Crippen LogP contribution in [0.5, 0.6) is 11.5 Å². The summed E-state index contributed by atoms with van der Waals surface area (Å²) in [5.41, 5.74) is 1.47. The molecule has 0 bridgehead atoms. The molecule has 126 valence electrons. The van der Waals surface area contributed by atoms with Crippen LogP contribution in [-0.2, 0) is 16.0 Å². The molecule has 0 saturated heterocycles. The lowest BCUT2D eigenvalue weighted by Gasteiger charge is -2.30. The van der Waals surface area contributed by atoms with E-state index in [2.05, 4.69) is 5.32 Å². The van der Waals surface area contributed by atoms with E-state index in [1.807, 2.05) is 46.8 Å². The average molecular weight is 319 g/mol. The highest BCUT2D eigenvalue weighted by Gasteiger charge is 2.31. The molecule has 0 spiro atoms. The highest BCUT2D eigenvalue weighted by Crippen LogP contribution is 2.37. The Labute approximate surface area is 137 Å². The normalized spacial score (nSPS) is 14.5. The first kappa shape index (κ1) is 17.3. The summed E-state index contributed by atoms with van der Waals surface area (Å²) in [6, 6.07) is 3.21. The lowest BCUT2D eigenvalue weighted by molar-refractivity contribution is -0.129. The van der Waals surface area contributed by atoms with Crippen molar-refractivity contribution in [2.45, 2.75) is 53.5 Å². The molecule has 5 nitrogen and oxygen atoms in total. The summed E-state index contributed by atoms with van der Waals surface area (Å²) < 4.78 is 10.8. The second kappa shape index (κ2) is 6.60. The minimum Gasteiger partial charge on any atom is -0.454 e. The van der Waals surface area contributed by atoms with Gasteiger partial charge in [0.1, 0.15) is 0 Å². The highest BCUT2D eigenvalue weighted by molar-refractivity contribution is 5.90. The fourth-order valence-electron chi connectivity index (χ4n) is 2.71. The minimum atomic E-state index is -0.477. The largest absolute Gasteiger partial charge is 0.454 e. The fraction of sp³-hybridized carbons (Fsp3) is 0.556. The Morgan fingerprint density at radius 1 is 1.26 bits per heavy atom. The molecule has 1 aliphatic rings. The zero-order valence-corrected chi connectivity index (χ0v) is 14.5. The van der Waals surface area contributed by atoms with E-state index in [4.69, 9.17) is 9.47 Å². The maximum atomic E-state index is 12.4. The van der Waals surface area contributed by atoms with Crippen LogP contribution in [0.4, 0.5) is 0 Å². The molecule has 1 unspecified atom stereocenters. The number of hydrogen-bond donors (Lipinski definition) is 1. The summed E-state index contributed by atoms with van der Waals surface area (Å²) in [7, 11) is 0. The number of hydrogen-bond acceptors (Lipinski definition) is 4. The van der Waals surface area contributed by atoms with Gasteiger partial charge in [-0.2, -0.15) is 0 Å². The maximum Gasteiger partial charge on any atom is 0.231 e. The lowest BCUT2D eigenvalue weighted by Crippen LogP contribution is -2.49. The van der Waals surface area contributed by atoms with Crippen LogP contribution in [0.15, 0.2) is 12.1 Å². The number of fused-ring (bicyclic) bond motifs is 1. The number of benzene rings is 1. The zero-order valence-electron chi connectivity index (χ0n) is 14.5. The molecule has 0 radical (unpaired) electrons. The van der Waals surface area contributed by atoms with E-state index in [1.54, 1.807) is 0 Å². The first-order chi connectivity index (χ1) is 10.7. The van der Waals surface area contributed by atoms with Gasteiger partial charge in [-0.3, -0.25) is 9.59 Å². The molecule has 1 aliphatic heterocycles. The third-order valence-corrected chi connectivity index (χ3v) is 4.09. The predicted molar refractivity (Wildman–Crippen MR) is 87.7 cm³/mol. The number of rotatable bonds is 5. The molecule has 23 heavy (non-hydrogen) atoms. The Balaban J connectivity index is 2.11. The van der Waals surface area contributed by atoms with Crippen molar-refractivity contribution in [2.75, 3.05) is 6.79 Å². The molecule has 1 amide bonds. The standard InChI is InChI=1S/C18H25NO4/c1-6-13(20)17(18(3,4)5)19-15(21)9-12-7-8-14-16(11(12)2)23-10-22-14/h7-8,17H,6,9-10H2,1-5H3,(H,19,21). The number of amides is 1. The van der Waals surface area contributed by atoms with Crippen molar-refractivity contribution in [3.05, 3.63) is 23.3 Å². The molecular formula is C18H25NO4. The van der Waals surface area contributed by atoms with Gasteiger partial charge < -0.3 is 14.8 Å². The number of ether oxygens (including phenoxy) is 2. The predicted octanol–water partition coefficient (Wildman–Crippen LogP) is 2.78. The van der Waals surface area contributed by atoms with Crippen LogP contribution in [0, 0.1) is 12.3 Å². The first-order valence-electron chi connectivity index (χ1n) is 7.94. The average Bonchev–Trinajstić information content (AvgIpc) is 2.95. The SMILES string of the molecule is CCC(=O)C(NC(=O)Cc1ccc2c(c1C)OCO2)C(C)(C)C. The Kier molecular flexibility index (Phi) is 4.97. The summed E-state index contributed by atoms with van der Waals surface area (Å²) in [6.07, 6.45) is 0.622. The van der Waals surface area contributed by atoms with Gasteiger partial charge >= 0.3 is 0 Å². The van der Waals surface area contributed by atoms with E-state index >= 15 is 0 Å². The van der Waals surface area contributed by atoms with Crippen LogP contribution in [0.2, 0.25) is 0 Å². The molecule has 0 aromatic heterocycles. The molecule has 0 fully saturated rings. The van der Waals surface area contributed by atoms with E-state index in [0.29, 0.717) is 17.9 Å². The topological polar surface area (TPSA) is 64.6 Å². The minimum absolute atomic E-state index is 0.0493. The summed E-state index contributed by atoms with van der Waals surface area (Å²) >= 11 is 0. The van der Waals surface area contributed by atoms with Crippen molar-refractivity contribution in [2.24, 2.45) is 5.41 Å². The third kappa shape index (κ3) is 3.84. The Morgan fingerprint density at radius 3 is 2.57 bits per heavy atom. The van der Waals surface area contributed by atoms with Crippen LogP contribution in [0.25, 0.3) is 0 Å². The highest BCUT2D eigenvalue weighted by atomic mass is 16.7. The van der Waals surface area contributed by atoms with E-state index in [1.165, 1.54) is 0 Å². The quantitative estimate of drug-likeness (QED) is 0.906. The molecule has 1 aromatic carbocycles. The van der Waals surface area contributed by atoms with E-state index in [0.717, 1.165) is 11.1 Å². The number of nitrogens with one attached hydrogen (secondary N) is 1. The van der Waals surface area contributed by atoms with Crippen molar-refractivity contribution in [1.82, 2.24) is 5.32 Å². The van der Waals surface area contributed by atoms with Gasteiger partial charge in [-0.25, -0.2) is 0 Å². The van der Waals surface area contributed by atoms with Crippen molar-refractivity contribution >= 4 is 11.7 Å². The molecule has 0 aliphatic carbocycles. The number of carbonyl (C=O) groups is 2. The fourth-order valence-corrected chi connectivity index (χ4v) is 2.71. The molecule has 1 atom stereocenters. The van der Waals surface area contributed by atoms with Gasteiger partial charge in [-0.1, -0.05) is 33.8 Å². The number of carbonyl (C=O) groups excluding carboxylic acids is 2. The first-order valence-corrected chi connectivity index (χ1v) is 7.94. The van der Waals surface area contributed by atoms with Gasteiger partial charge in [0, 0.05) is 6.42 Å². The Hall–Kier alpha value is -2.04. The van der Waals surface area contributed by atoms with Crippen molar-refractivity contribution in [1.29, 1.82) is 0 Å². The number of ketones is 1. The van der Waals surface area contributed by atoms with Crippen molar-refractivity contribution in [3.63, 3.8) is 0 Å². The van der Waals surface area contributed by atoms with Crippen LogP contribution in [0.1, 0.15) is 45.2 Å². The molecular weight excluding hydrogens is 294 g/mol. The summed E-state index contributed by atoms with van der Waals surface area (Å²) in [5.74, 6) is 1.30. The van der Waals surface area contributed by atoms with E-state index in [9.17, 15) is 9.59 Å². The molecule has 2 rings (SSSR count). The zero-order chi connectivity index (χ0) is 17.2. The smallest absolute Gasteiger partial charge is 0.231 e.